The van der Waals surface area contributed by atoms with Crippen molar-refractivity contribution in [3.05, 3.63) is 48.2 Å². The van der Waals surface area contributed by atoms with Gasteiger partial charge in [0.2, 0.25) is 11.7 Å². The highest BCUT2D eigenvalue weighted by Crippen LogP contribution is 2.29. The van der Waals surface area contributed by atoms with Gasteiger partial charge in [-0.05, 0) is 30.3 Å². The van der Waals surface area contributed by atoms with Gasteiger partial charge in [0.05, 0.1) is 18.8 Å². The van der Waals surface area contributed by atoms with E-state index in [-0.39, 0.29) is 24.8 Å². The fourth-order valence-corrected chi connectivity index (χ4v) is 3.11. The maximum Gasteiger partial charge on any atom is 0.414 e. The number of cyclic esters (lactones) is 1. The van der Waals surface area contributed by atoms with E-state index >= 15 is 0 Å². The quantitative estimate of drug-likeness (QED) is 0.658. The van der Waals surface area contributed by atoms with Gasteiger partial charge in [0.1, 0.15) is 11.9 Å². The molecule has 0 spiro atoms. The highest BCUT2D eigenvalue weighted by molar-refractivity contribution is 5.90. The molecule has 2 amide bonds. The lowest BCUT2D eigenvalue weighted by atomic mass is 10.1. The first-order chi connectivity index (χ1) is 13.9. The summed E-state index contributed by atoms with van der Waals surface area (Å²) in [6, 6.07) is 7.72. The number of benzene rings is 1. The third kappa shape index (κ3) is 3.64. The van der Waals surface area contributed by atoms with Crippen molar-refractivity contribution in [2.24, 2.45) is 0 Å². The van der Waals surface area contributed by atoms with Crippen molar-refractivity contribution in [3.63, 3.8) is 0 Å². The van der Waals surface area contributed by atoms with Crippen molar-refractivity contribution in [1.29, 1.82) is 0 Å². The second kappa shape index (κ2) is 7.30. The number of aromatic nitrogens is 3. The Balaban J connectivity index is 1.57. The van der Waals surface area contributed by atoms with Gasteiger partial charge >= 0.3 is 6.09 Å². The molecule has 0 bridgehead atoms. The Bertz CT molecular complexity index is 1130. The third-order valence-corrected chi connectivity index (χ3v) is 4.48. The van der Waals surface area contributed by atoms with Gasteiger partial charge in [-0.3, -0.25) is 14.5 Å². The minimum Gasteiger partial charge on any atom is -0.442 e. The Morgan fingerprint density at radius 1 is 1.38 bits per heavy atom. The molecule has 1 N–H and O–H groups in total. The SMILES string of the molecule is CC(=O)NC[C@H]1CN(c2ccc(-c3ccc4nc(C=O)nn4c3)c(F)c2)C(=O)O1. The highest BCUT2D eigenvalue weighted by Gasteiger charge is 2.32. The molecule has 4 rings (SSSR count). The normalized spacial score (nSPS) is 16.1. The predicted octanol–water partition coefficient (Wildman–Crippen LogP) is 1.81. The number of ether oxygens (including phenoxy) is 1. The molecule has 3 aromatic rings. The first-order valence-electron chi connectivity index (χ1n) is 8.78. The molecule has 9 nitrogen and oxygen atoms in total. The molecule has 0 saturated carbocycles. The number of halogens is 1. The summed E-state index contributed by atoms with van der Waals surface area (Å²) in [6.07, 6.45) is 1.01. The van der Waals surface area contributed by atoms with Gasteiger partial charge in [0.15, 0.2) is 11.9 Å². The van der Waals surface area contributed by atoms with Gasteiger partial charge in [-0.15, -0.1) is 5.10 Å². The zero-order chi connectivity index (χ0) is 20.5. The lowest BCUT2D eigenvalue weighted by Gasteiger charge is -2.14. The average molecular weight is 397 g/mol. The Hall–Kier alpha value is -3.82. The van der Waals surface area contributed by atoms with Crippen LogP contribution < -0.4 is 10.2 Å². The maximum atomic E-state index is 14.8. The summed E-state index contributed by atoms with van der Waals surface area (Å²) in [7, 11) is 0. The fraction of sp³-hybridized carbons (Fsp3) is 0.211. The highest BCUT2D eigenvalue weighted by atomic mass is 19.1. The summed E-state index contributed by atoms with van der Waals surface area (Å²) in [5.74, 6) is -0.713. The molecule has 1 fully saturated rings. The molecular formula is C19H16FN5O4. The molecule has 1 aliphatic rings. The van der Waals surface area contributed by atoms with E-state index in [1.54, 1.807) is 30.5 Å². The summed E-state index contributed by atoms with van der Waals surface area (Å²) < 4.78 is 21.4. The van der Waals surface area contributed by atoms with Crippen LogP contribution in [0, 0.1) is 5.82 Å². The van der Waals surface area contributed by atoms with Crippen LogP contribution in [0.15, 0.2) is 36.5 Å². The number of nitrogens with one attached hydrogen (secondary N) is 1. The second-order valence-electron chi connectivity index (χ2n) is 6.53. The minimum atomic E-state index is -0.599. The molecule has 0 radical (unpaired) electrons. The first-order valence-corrected chi connectivity index (χ1v) is 8.78. The van der Waals surface area contributed by atoms with E-state index in [0.717, 1.165) is 0 Å². The summed E-state index contributed by atoms with van der Waals surface area (Å²) in [6.45, 7) is 1.77. The van der Waals surface area contributed by atoms with Crippen molar-refractivity contribution >= 4 is 29.6 Å². The number of anilines is 1. The third-order valence-electron chi connectivity index (χ3n) is 4.48. The summed E-state index contributed by atoms with van der Waals surface area (Å²) in [4.78, 5) is 39.2. The van der Waals surface area contributed by atoms with E-state index in [1.165, 1.54) is 22.4 Å². The molecule has 0 aliphatic carbocycles. The van der Waals surface area contributed by atoms with Crippen molar-refractivity contribution in [1.82, 2.24) is 19.9 Å². The Morgan fingerprint density at radius 2 is 2.21 bits per heavy atom. The van der Waals surface area contributed by atoms with Crippen molar-refractivity contribution in [3.8, 4) is 11.1 Å². The zero-order valence-corrected chi connectivity index (χ0v) is 15.3. The zero-order valence-electron chi connectivity index (χ0n) is 15.3. The number of amides is 2. The van der Waals surface area contributed by atoms with Gasteiger partial charge in [-0.25, -0.2) is 18.7 Å². The van der Waals surface area contributed by atoms with Gasteiger partial charge in [-0.2, -0.15) is 0 Å². The lowest BCUT2D eigenvalue weighted by molar-refractivity contribution is -0.119. The van der Waals surface area contributed by atoms with Crippen LogP contribution in [0.2, 0.25) is 0 Å². The average Bonchev–Trinajstić information content (AvgIpc) is 3.28. The van der Waals surface area contributed by atoms with E-state index in [0.29, 0.717) is 28.7 Å². The Morgan fingerprint density at radius 3 is 2.93 bits per heavy atom. The van der Waals surface area contributed by atoms with Crippen molar-refractivity contribution < 1.29 is 23.5 Å². The molecule has 1 aromatic carbocycles. The summed E-state index contributed by atoms with van der Waals surface area (Å²) in [5.41, 5.74) is 1.67. The van der Waals surface area contributed by atoms with E-state index in [1.807, 2.05) is 0 Å². The number of hydrogen-bond acceptors (Lipinski definition) is 6. The number of carbonyl (C=O) groups excluding carboxylic acids is 3. The van der Waals surface area contributed by atoms with E-state index in [4.69, 9.17) is 4.74 Å². The van der Waals surface area contributed by atoms with Gasteiger partial charge in [0, 0.05) is 24.2 Å². The van der Waals surface area contributed by atoms with E-state index < -0.39 is 18.0 Å². The lowest BCUT2D eigenvalue weighted by Crippen LogP contribution is -2.33. The molecule has 1 saturated heterocycles. The van der Waals surface area contributed by atoms with Crippen LogP contribution in [0.3, 0.4) is 0 Å². The van der Waals surface area contributed by atoms with Crippen LogP contribution in [-0.2, 0) is 9.53 Å². The monoisotopic (exact) mass is 397 g/mol. The Kier molecular flexibility index (Phi) is 4.67. The molecule has 1 atom stereocenters. The molecule has 29 heavy (non-hydrogen) atoms. The maximum absolute atomic E-state index is 14.8. The Labute approximate surface area is 164 Å². The molecule has 10 heteroatoms. The molecule has 148 valence electrons. The summed E-state index contributed by atoms with van der Waals surface area (Å²) >= 11 is 0. The van der Waals surface area contributed by atoms with E-state index in [9.17, 15) is 18.8 Å². The number of pyridine rings is 1. The van der Waals surface area contributed by atoms with Crippen molar-refractivity contribution in [2.75, 3.05) is 18.0 Å². The number of aldehydes is 1. The number of rotatable bonds is 5. The smallest absolute Gasteiger partial charge is 0.414 e. The largest absolute Gasteiger partial charge is 0.442 e. The van der Waals surface area contributed by atoms with Crippen molar-refractivity contribution in [2.45, 2.75) is 13.0 Å². The van der Waals surface area contributed by atoms with Gasteiger partial charge in [0.25, 0.3) is 0 Å². The standard InChI is InChI=1S/C19H16FN5O4/c1-11(27)21-7-14-9-24(19(28)29-14)13-3-4-15(16(20)6-13)12-2-5-18-22-17(10-26)23-25(18)8-12/h2-6,8,10,14H,7,9H2,1H3,(H,21,27)/t14-/m0/s1. The number of nitrogens with zero attached hydrogens (tertiary/aromatic N) is 4. The van der Waals surface area contributed by atoms with Gasteiger partial charge in [-0.1, -0.05) is 0 Å². The van der Waals surface area contributed by atoms with Crippen LogP contribution in [0.1, 0.15) is 17.5 Å². The predicted molar refractivity (Wildman–Crippen MR) is 100 cm³/mol. The minimum absolute atomic E-state index is 0.0410. The summed E-state index contributed by atoms with van der Waals surface area (Å²) in [5, 5.41) is 6.58. The van der Waals surface area contributed by atoms with Crippen LogP contribution in [0.4, 0.5) is 14.9 Å². The first kappa shape index (κ1) is 18.5. The van der Waals surface area contributed by atoms with E-state index in [2.05, 4.69) is 15.4 Å². The van der Waals surface area contributed by atoms with Crippen LogP contribution in [-0.4, -0.2) is 52.1 Å². The molecule has 0 unspecified atom stereocenters. The second-order valence-corrected chi connectivity index (χ2v) is 6.53. The van der Waals surface area contributed by atoms with Crippen LogP contribution >= 0.6 is 0 Å². The number of carbonyl (C=O) groups is 3. The van der Waals surface area contributed by atoms with Gasteiger partial charge < -0.3 is 10.1 Å². The number of hydrogen-bond donors (Lipinski definition) is 1. The topological polar surface area (TPSA) is 106 Å². The molecule has 1 aliphatic heterocycles. The van der Waals surface area contributed by atoms with Crippen LogP contribution in [0.5, 0.6) is 0 Å². The molecule has 3 heterocycles. The number of fused-ring (bicyclic) bond motifs is 1. The molecular weight excluding hydrogens is 381 g/mol. The molecule has 2 aromatic heterocycles. The van der Waals surface area contributed by atoms with Crippen LogP contribution in [0.25, 0.3) is 16.8 Å². The fourth-order valence-electron chi connectivity index (χ4n) is 3.11.